The van der Waals surface area contributed by atoms with Crippen molar-refractivity contribution in [3.63, 3.8) is 0 Å². The van der Waals surface area contributed by atoms with Gasteiger partial charge in [-0.2, -0.15) is 0 Å². The van der Waals surface area contributed by atoms with Gasteiger partial charge in [0.25, 0.3) is 0 Å². The van der Waals surface area contributed by atoms with Crippen molar-refractivity contribution in [1.82, 2.24) is 10.2 Å². The zero-order chi connectivity index (χ0) is 10.5. The molecule has 1 amide bonds. The van der Waals surface area contributed by atoms with E-state index in [0.717, 1.165) is 26.1 Å². The van der Waals surface area contributed by atoms with Crippen molar-refractivity contribution < 1.29 is 4.79 Å². The molecule has 0 aromatic rings. The topological polar surface area (TPSA) is 37.1 Å². The Morgan fingerprint density at radius 1 is 1.07 bits per heavy atom. The van der Waals surface area contributed by atoms with Gasteiger partial charge in [-0.15, -0.1) is 0 Å². The van der Waals surface area contributed by atoms with Crippen LogP contribution < -0.4 is 10.2 Å². The molecule has 0 saturated carbocycles. The summed E-state index contributed by atoms with van der Waals surface area (Å²) in [4.78, 5) is 12.6. The third-order valence-corrected chi connectivity index (χ3v) is 3.49. The van der Waals surface area contributed by atoms with Crippen molar-refractivity contribution in [3.05, 3.63) is 0 Å². The average Bonchev–Trinajstić information content (AvgIpc) is 2.46. The molecule has 15 heavy (non-hydrogen) atoms. The average molecular weight is 209 g/mol. The Morgan fingerprint density at radius 2 is 1.80 bits per heavy atom. The molecule has 0 aromatic carbocycles. The number of rotatable bonds is 0. The van der Waals surface area contributed by atoms with Crippen molar-refractivity contribution >= 4 is 5.91 Å². The number of hydrogen-bond acceptors (Lipinski definition) is 1. The lowest BCUT2D eigenvalue weighted by Gasteiger charge is -2.19. The Labute approximate surface area is 92.2 Å². The summed E-state index contributed by atoms with van der Waals surface area (Å²) in [6.07, 6.45) is 8.80. The van der Waals surface area contributed by atoms with Gasteiger partial charge in [-0.3, -0.25) is 0 Å². The SMILES string of the molecule is C1CCC[N]CC1.O=C1CC2CCC[N+]12. The largest absolute Gasteiger partial charge is 0.367 e. The molecule has 3 saturated heterocycles. The number of hydrogen-bond donors (Lipinski definition) is 0. The number of nitrogens with zero attached hydrogens (tertiary/aromatic N) is 2. The van der Waals surface area contributed by atoms with E-state index in [2.05, 4.69) is 5.32 Å². The first kappa shape index (κ1) is 11.1. The molecule has 3 heteroatoms. The lowest BCUT2D eigenvalue weighted by molar-refractivity contribution is -0.134. The second-order valence-corrected chi connectivity index (χ2v) is 4.67. The Kier molecular flexibility index (Phi) is 4.15. The zero-order valence-electron chi connectivity index (χ0n) is 9.45. The van der Waals surface area contributed by atoms with Gasteiger partial charge in [0.05, 0.1) is 0 Å². The zero-order valence-corrected chi connectivity index (χ0v) is 9.45. The minimum Gasteiger partial charge on any atom is -0.242 e. The molecule has 3 rings (SSSR count). The van der Waals surface area contributed by atoms with E-state index in [9.17, 15) is 4.79 Å². The van der Waals surface area contributed by atoms with E-state index < -0.39 is 0 Å². The first-order chi connectivity index (χ1) is 7.38. The number of carbonyl (C=O) groups is 1. The number of fused-ring (bicyclic) bond motifs is 1. The van der Waals surface area contributed by atoms with Crippen LogP contribution in [0.25, 0.3) is 0 Å². The summed E-state index contributed by atoms with van der Waals surface area (Å²) in [5.41, 5.74) is 0. The fourth-order valence-corrected chi connectivity index (χ4v) is 2.50. The van der Waals surface area contributed by atoms with Crippen molar-refractivity contribution in [1.29, 1.82) is 0 Å². The van der Waals surface area contributed by atoms with E-state index in [-0.39, 0.29) is 0 Å². The summed E-state index contributed by atoms with van der Waals surface area (Å²) < 4.78 is 0. The van der Waals surface area contributed by atoms with Gasteiger partial charge in [-0.1, -0.05) is 17.7 Å². The highest BCUT2D eigenvalue weighted by Gasteiger charge is 2.51. The summed E-state index contributed by atoms with van der Waals surface area (Å²) in [6, 6.07) is 0.655. The highest BCUT2D eigenvalue weighted by Crippen LogP contribution is 2.26. The molecule has 1 atom stereocenters. The van der Waals surface area contributed by atoms with E-state index in [1.165, 1.54) is 38.5 Å². The van der Waals surface area contributed by atoms with Crippen LogP contribution in [0.5, 0.6) is 0 Å². The standard InChI is InChI=1S/C6H9NO.C6H12N/c8-6-4-5-2-1-3-7(5)6;1-2-4-6-7-5-3-1/h5H,1-4H2;1-6H2/q+1;. The van der Waals surface area contributed by atoms with E-state index in [4.69, 9.17) is 0 Å². The molecule has 0 aliphatic carbocycles. The maximum atomic E-state index is 10.6. The fraction of sp³-hybridized carbons (Fsp3) is 0.917. The summed E-state index contributed by atoms with van der Waals surface area (Å²) >= 11 is 0. The normalized spacial score (nSPS) is 30.9. The van der Waals surface area contributed by atoms with Crippen molar-refractivity contribution in [2.45, 2.75) is 51.0 Å². The lowest BCUT2D eigenvalue weighted by atomic mass is 10.0. The highest BCUT2D eigenvalue weighted by atomic mass is 16.2. The second-order valence-electron chi connectivity index (χ2n) is 4.67. The fourth-order valence-electron chi connectivity index (χ4n) is 2.50. The summed E-state index contributed by atoms with van der Waals surface area (Å²) in [5.74, 6) is 0.368. The van der Waals surface area contributed by atoms with Gasteiger partial charge >= 0.3 is 5.91 Å². The van der Waals surface area contributed by atoms with Crippen LogP contribution in [-0.2, 0) is 4.79 Å². The molecule has 0 aromatic heterocycles. The first-order valence-corrected chi connectivity index (χ1v) is 6.30. The number of β-lactam (4-membered cyclic amide) rings is 1. The van der Waals surface area contributed by atoms with Crippen molar-refractivity contribution in [2.75, 3.05) is 19.6 Å². The Bertz CT molecular complexity index is 198. The highest BCUT2D eigenvalue weighted by molar-refractivity contribution is 5.86. The lowest BCUT2D eigenvalue weighted by Crippen LogP contribution is -2.53. The molecule has 3 nitrogen and oxygen atoms in total. The van der Waals surface area contributed by atoms with Crippen LogP contribution in [-0.4, -0.2) is 31.6 Å². The maximum absolute atomic E-state index is 10.6. The predicted octanol–water partition coefficient (Wildman–Crippen LogP) is 1.38. The molecular formula is C12H21N2O+. The second kappa shape index (κ2) is 5.61. The predicted molar refractivity (Wildman–Crippen MR) is 60.0 cm³/mol. The number of carbonyl (C=O) groups excluding carboxylic acids is 1. The molecule has 3 heterocycles. The van der Waals surface area contributed by atoms with Crippen molar-refractivity contribution in [2.24, 2.45) is 0 Å². The van der Waals surface area contributed by atoms with Gasteiger partial charge in [-0.25, -0.2) is 10.1 Å². The van der Waals surface area contributed by atoms with Gasteiger partial charge in [0.2, 0.25) is 0 Å². The quantitative estimate of drug-likeness (QED) is 0.439. The Balaban J connectivity index is 0.000000115. The summed E-state index contributed by atoms with van der Waals surface area (Å²) in [7, 11) is 0. The molecule has 84 valence electrons. The van der Waals surface area contributed by atoms with Gasteiger partial charge in [0.15, 0.2) is 6.04 Å². The molecular weight excluding hydrogens is 188 g/mol. The van der Waals surface area contributed by atoms with E-state index >= 15 is 0 Å². The molecule has 2 radical (unpaired) electrons. The Hall–Kier alpha value is -0.410. The van der Waals surface area contributed by atoms with Gasteiger partial charge in [0, 0.05) is 25.9 Å². The maximum Gasteiger partial charge on any atom is 0.367 e. The van der Waals surface area contributed by atoms with E-state index in [1.54, 1.807) is 0 Å². The minimum absolute atomic E-state index is 0.368. The van der Waals surface area contributed by atoms with Gasteiger partial charge < -0.3 is 0 Å². The van der Waals surface area contributed by atoms with Crippen molar-refractivity contribution in [3.8, 4) is 0 Å². The summed E-state index contributed by atoms with van der Waals surface area (Å²) in [5, 5.41) is 4.27. The monoisotopic (exact) mass is 209 g/mol. The molecule has 3 aliphatic rings. The molecule has 0 N–H and O–H groups in total. The molecule has 0 spiro atoms. The van der Waals surface area contributed by atoms with Crippen LogP contribution in [0.2, 0.25) is 0 Å². The van der Waals surface area contributed by atoms with E-state index in [1.807, 2.05) is 4.90 Å². The van der Waals surface area contributed by atoms with Gasteiger partial charge in [-0.05, 0) is 12.8 Å². The summed E-state index contributed by atoms with van der Waals surface area (Å²) in [6.45, 7) is 3.28. The van der Waals surface area contributed by atoms with Crippen LogP contribution in [0, 0.1) is 0 Å². The molecule has 3 fully saturated rings. The molecule has 3 aliphatic heterocycles. The van der Waals surface area contributed by atoms with Gasteiger partial charge in [0.1, 0.15) is 13.0 Å². The Morgan fingerprint density at radius 3 is 2.33 bits per heavy atom. The minimum atomic E-state index is 0.368. The molecule has 1 unspecified atom stereocenters. The molecule has 0 bridgehead atoms. The van der Waals surface area contributed by atoms with Crippen LogP contribution in [0.1, 0.15) is 44.9 Å². The third kappa shape index (κ3) is 3.02. The van der Waals surface area contributed by atoms with E-state index in [0.29, 0.717) is 11.9 Å². The third-order valence-electron chi connectivity index (χ3n) is 3.49. The van der Waals surface area contributed by atoms with Crippen LogP contribution in [0.3, 0.4) is 0 Å². The van der Waals surface area contributed by atoms with Crippen LogP contribution in [0.4, 0.5) is 0 Å². The first-order valence-electron chi connectivity index (χ1n) is 6.30. The number of amides is 1. The van der Waals surface area contributed by atoms with Crippen LogP contribution in [0.15, 0.2) is 0 Å². The van der Waals surface area contributed by atoms with Crippen LogP contribution >= 0.6 is 0 Å². The smallest absolute Gasteiger partial charge is 0.242 e.